The fourth-order valence-corrected chi connectivity index (χ4v) is 2.63. The number of benzene rings is 2. The van der Waals surface area contributed by atoms with Crippen molar-refractivity contribution in [3.63, 3.8) is 0 Å². The standard InChI is InChI=1S/C18H12F3N5/c19-18(20,21)12-6-4-11(5-7-12)16-8-17(23-10-22-16)25-14-2-1-3-15-13(14)9-24-26-15/h1-10H,(H,24,26)(H,22,23,25). The minimum Gasteiger partial charge on any atom is -0.340 e. The molecule has 2 aromatic heterocycles. The highest BCUT2D eigenvalue weighted by atomic mass is 19.4. The molecule has 2 N–H and O–H groups in total. The Morgan fingerprint density at radius 3 is 2.54 bits per heavy atom. The van der Waals surface area contributed by atoms with E-state index in [-0.39, 0.29) is 0 Å². The summed E-state index contributed by atoms with van der Waals surface area (Å²) >= 11 is 0. The van der Waals surface area contributed by atoms with Crippen molar-refractivity contribution in [1.82, 2.24) is 20.2 Å². The summed E-state index contributed by atoms with van der Waals surface area (Å²) in [4.78, 5) is 8.32. The van der Waals surface area contributed by atoms with Gasteiger partial charge in [-0.15, -0.1) is 0 Å². The van der Waals surface area contributed by atoms with E-state index < -0.39 is 11.7 Å². The van der Waals surface area contributed by atoms with Crippen LogP contribution in [0.15, 0.2) is 61.1 Å². The van der Waals surface area contributed by atoms with Crippen LogP contribution in [0, 0.1) is 0 Å². The summed E-state index contributed by atoms with van der Waals surface area (Å²) in [5.41, 5.74) is 2.10. The van der Waals surface area contributed by atoms with Gasteiger partial charge in [0.15, 0.2) is 0 Å². The molecule has 2 heterocycles. The van der Waals surface area contributed by atoms with Crippen molar-refractivity contribution in [2.45, 2.75) is 6.18 Å². The summed E-state index contributed by atoms with van der Waals surface area (Å²) in [6.45, 7) is 0. The molecule has 0 fully saturated rings. The average Bonchev–Trinajstić information content (AvgIpc) is 3.11. The third kappa shape index (κ3) is 3.08. The van der Waals surface area contributed by atoms with Gasteiger partial charge in [0.05, 0.1) is 28.7 Å². The predicted molar refractivity (Wildman–Crippen MR) is 91.8 cm³/mol. The van der Waals surface area contributed by atoms with Crippen molar-refractivity contribution in [2.75, 3.05) is 5.32 Å². The van der Waals surface area contributed by atoms with Crippen LogP contribution in [0.2, 0.25) is 0 Å². The molecule has 0 aliphatic heterocycles. The number of nitrogens with one attached hydrogen (secondary N) is 2. The summed E-state index contributed by atoms with van der Waals surface area (Å²) in [7, 11) is 0. The second-order valence-corrected chi connectivity index (χ2v) is 5.63. The molecule has 5 nitrogen and oxygen atoms in total. The van der Waals surface area contributed by atoms with Gasteiger partial charge in [-0.3, -0.25) is 5.10 Å². The fourth-order valence-electron chi connectivity index (χ4n) is 2.63. The highest BCUT2D eigenvalue weighted by Crippen LogP contribution is 2.31. The van der Waals surface area contributed by atoms with E-state index in [9.17, 15) is 13.2 Å². The van der Waals surface area contributed by atoms with Gasteiger partial charge in [0.1, 0.15) is 12.1 Å². The lowest BCUT2D eigenvalue weighted by atomic mass is 10.1. The molecule has 4 rings (SSSR count). The molecule has 0 radical (unpaired) electrons. The lowest BCUT2D eigenvalue weighted by Crippen LogP contribution is -2.04. The van der Waals surface area contributed by atoms with Crippen LogP contribution >= 0.6 is 0 Å². The number of anilines is 2. The van der Waals surface area contributed by atoms with Crippen LogP contribution in [-0.4, -0.2) is 20.2 Å². The number of aromatic nitrogens is 4. The highest BCUT2D eigenvalue weighted by Gasteiger charge is 2.30. The topological polar surface area (TPSA) is 66.5 Å². The summed E-state index contributed by atoms with van der Waals surface area (Å²) < 4.78 is 38.1. The molecule has 130 valence electrons. The first kappa shape index (κ1) is 16.1. The van der Waals surface area contributed by atoms with Gasteiger partial charge in [-0.05, 0) is 24.3 Å². The Morgan fingerprint density at radius 2 is 1.77 bits per heavy atom. The first-order chi connectivity index (χ1) is 12.5. The van der Waals surface area contributed by atoms with Crippen molar-refractivity contribution in [3.8, 4) is 11.3 Å². The van der Waals surface area contributed by atoms with E-state index in [4.69, 9.17) is 0 Å². The molecule has 0 saturated carbocycles. The Bertz CT molecular complexity index is 1050. The van der Waals surface area contributed by atoms with Crippen molar-refractivity contribution < 1.29 is 13.2 Å². The van der Waals surface area contributed by atoms with E-state index in [0.717, 1.165) is 28.7 Å². The van der Waals surface area contributed by atoms with Gasteiger partial charge in [0.25, 0.3) is 0 Å². The summed E-state index contributed by atoms with van der Waals surface area (Å²) in [5, 5.41) is 11.0. The second kappa shape index (κ2) is 6.14. The van der Waals surface area contributed by atoms with Crippen LogP contribution in [-0.2, 0) is 6.18 Å². The van der Waals surface area contributed by atoms with Crippen molar-refractivity contribution >= 4 is 22.4 Å². The lowest BCUT2D eigenvalue weighted by molar-refractivity contribution is -0.137. The molecule has 0 aliphatic rings. The number of aromatic amines is 1. The Morgan fingerprint density at radius 1 is 0.962 bits per heavy atom. The molecule has 2 aromatic carbocycles. The number of hydrogen-bond acceptors (Lipinski definition) is 4. The van der Waals surface area contributed by atoms with Gasteiger partial charge in [-0.25, -0.2) is 9.97 Å². The van der Waals surface area contributed by atoms with Gasteiger partial charge in [-0.1, -0.05) is 18.2 Å². The van der Waals surface area contributed by atoms with E-state index in [1.54, 1.807) is 12.3 Å². The van der Waals surface area contributed by atoms with Gasteiger partial charge in [-0.2, -0.15) is 18.3 Å². The maximum absolute atomic E-state index is 12.7. The van der Waals surface area contributed by atoms with E-state index in [1.807, 2.05) is 18.2 Å². The molecule has 0 spiro atoms. The molecule has 8 heteroatoms. The van der Waals surface area contributed by atoms with Crippen LogP contribution in [0.4, 0.5) is 24.7 Å². The zero-order valence-electron chi connectivity index (χ0n) is 13.2. The van der Waals surface area contributed by atoms with Crippen LogP contribution in [0.5, 0.6) is 0 Å². The fraction of sp³-hybridized carbons (Fsp3) is 0.0556. The minimum atomic E-state index is -4.36. The maximum atomic E-state index is 12.7. The minimum absolute atomic E-state index is 0.524. The Hall–Kier alpha value is -3.42. The molecule has 0 aliphatic carbocycles. The molecule has 0 unspecified atom stereocenters. The number of halogens is 3. The van der Waals surface area contributed by atoms with Gasteiger partial charge in [0.2, 0.25) is 0 Å². The number of nitrogens with zero attached hydrogens (tertiary/aromatic N) is 3. The maximum Gasteiger partial charge on any atom is 0.416 e. The normalized spacial score (nSPS) is 11.7. The number of fused-ring (bicyclic) bond motifs is 1. The summed E-state index contributed by atoms with van der Waals surface area (Å²) in [5.74, 6) is 0.531. The molecular formula is C18H12F3N5. The second-order valence-electron chi connectivity index (χ2n) is 5.63. The third-order valence-electron chi connectivity index (χ3n) is 3.92. The zero-order valence-corrected chi connectivity index (χ0v) is 13.2. The molecule has 0 atom stereocenters. The van der Waals surface area contributed by atoms with E-state index in [1.165, 1.54) is 18.5 Å². The Labute approximate surface area is 145 Å². The smallest absolute Gasteiger partial charge is 0.340 e. The van der Waals surface area contributed by atoms with Gasteiger partial charge >= 0.3 is 6.18 Å². The third-order valence-corrected chi connectivity index (χ3v) is 3.92. The van der Waals surface area contributed by atoms with Crippen LogP contribution in [0.3, 0.4) is 0 Å². The quantitative estimate of drug-likeness (QED) is 0.555. The average molecular weight is 355 g/mol. The van der Waals surface area contributed by atoms with Gasteiger partial charge in [0, 0.05) is 17.0 Å². The first-order valence-corrected chi connectivity index (χ1v) is 7.69. The molecule has 0 saturated heterocycles. The number of H-pyrrole nitrogens is 1. The molecule has 4 aromatic rings. The predicted octanol–water partition coefficient (Wildman–Crippen LogP) is 4.78. The summed E-state index contributed by atoms with van der Waals surface area (Å²) in [6, 6.07) is 12.2. The largest absolute Gasteiger partial charge is 0.416 e. The van der Waals surface area contributed by atoms with Crippen molar-refractivity contribution in [2.24, 2.45) is 0 Å². The van der Waals surface area contributed by atoms with E-state index >= 15 is 0 Å². The monoisotopic (exact) mass is 355 g/mol. The van der Waals surface area contributed by atoms with Crippen molar-refractivity contribution in [3.05, 3.63) is 66.6 Å². The number of alkyl halides is 3. The van der Waals surface area contributed by atoms with Crippen LogP contribution in [0.25, 0.3) is 22.2 Å². The lowest BCUT2D eigenvalue weighted by Gasteiger charge is -2.09. The first-order valence-electron chi connectivity index (χ1n) is 7.69. The SMILES string of the molecule is FC(F)(F)c1ccc(-c2cc(Nc3cccc4[nH]ncc34)ncn2)cc1. The zero-order chi connectivity index (χ0) is 18.1. The van der Waals surface area contributed by atoms with E-state index in [2.05, 4.69) is 25.5 Å². The van der Waals surface area contributed by atoms with Gasteiger partial charge < -0.3 is 5.32 Å². The molecule has 0 amide bonds. The highest BCUT2D eigenvalue weighted by molar-refractivity contribution is 5.92. The van der Waals surface area contributed by atoms with E-state index in [0.29, 0.717) is 17.1 Å². The van der Waals surface area contributed by atoms with Crippen LogP contribution in [0.1, 0.15) is 5.56 Å². The number of rotatable bonds is 3. The Kier molecular flexibility index (Phi) is 3.80. The van der Waals surface area contributed by atoms with Crippen LogP contribution < -0.4 is 5.32 Å². The molecular weight excluding hydrogens is 343 g/mol. The number of hydrogen-bond donors (Lipinski definition) is 2. The van der Waals surface area contributed by atoms with Crippen molar-refractivity contribution in [1.29, 1.82) is 0 Å². The molecule has 26 heavy (non-hydrogen) atoms. The Balaban J connectivity index is 1.64. The molecule has 0 bridgehead atoms. The summed E-state index contributed by atoms with van der Waals surface area (Å²) in [6.07, 6.45) is -1.29.